The Labute approximate surface area is 182 Å². The number of nitrogens with zero attached hydrogens (tertiary/aromatic N) is 2. The van der Waals surface area contributed by atoms with E-state index in [0.29, 0.717) is 6.61 Å². The van der Waals surface area contributed by atoms with Gasteiger partial charge in [0.2, 0.25) is 5.91 Å². The van der Waals surface area contributed by atoms with Crippen LogP contribution in [0.2, 0.25) is 0 Å². The van der Waals surface area contributed by atoms with Gasteiger partial charge in [-0.15, -0.1) is 0 Å². The number of rotatable bonds is 7. The van der Waals surface area contributed by atoms with Crippen molar-refractivity contribution in [3.8, 4) is 5.75 Å². The fourth-order valence-electron chi connectivity index (χ4n) is 3.67. The van der Waals surface area contributed by atoms with Crippen LogP contribution in [0.4, 0.5) is 0 Å². The van der Waals surface area contributed by atoms with Crippen LogP contribution in [0.1, 0.15) is 35.5 Å². The van der Waals surface area contributed by atoms with Crippen molar-refractivity contribution in [3.05, 3.63) is 95.3 Å². The van der Waals surface area contributed by atoms with E-state index in [1.807, 2.05) is 92.1 Å². The number of carbonyl (C=O) groups is 1. The van der Waals surface area contributed by atoms with Crippen LogP contribution >= 0.6 is 0 Å². The average Bonchev–Trinajstić information content (AvgIpc) is 3.12. The summed E-state index contributed by atoms with van der Waals surface area (Å²) in [5.41, 5.74) is 5.06. The zero-order chi connectivity index (χ0) is 21.8. The van der Waals surface area contributed by atoms with Crippen molar-refractivity contribution in [2.24, 2.45) is 0 Å². The molecule has 158 valence electrons. The third-order valence-electron chi connectivity index (χ3n) is 5.41. The molecular formula is C26H27N3O2. The molecule has 0 saturated carbocycles. The predicted octanol–water partition coefficient (Wildman–Crippen LogP) is 5.11. The molecular weight excluding hydrogens is 386 g/mol. The van der Waals surface area contributed by atoms with Gasteiger partial charge in [0.05, 0.1) is 17.1 Å². The smallest absolute Gasteiger partial charge is 0.240 e. The molecule has 1 aromatic heterocycles. The van der Waals surface area contributed by atoms with E-state index in [1.54, 1.807) is 0 Å². The summed E-state index contributed by atoms with van der Waals surface area (Å²) in [4.78, 5) is 17.6. The lowest BCUT2D eigenvalue weighted by Gasteiger charge is -2.16. The Hall–Kier alpha value is -3.60. The van der Waals surface area contributed by atoms with Crippen molar-refractivity contribution in [2.75, 3.05) is 0 Å². The van der Waals surface area contributed by atoms with E-state index in [4.69, 9.17) is 9.72 Å². The molecule has 0 saturated heterocycles. The number of hydrogen-bond donors (Lipinski definition) is 1. The number of para-hydroxylation sites is 2. The van der Waals surface area contributed by atoms with Gasteiger partial charge in [-0.25, -0.2) is 4.98 Å². The Bertz CT molecular complexity index is 1200. The first-order valence-corrected chi connectivity index (χ1v) is 10.5. The van der Waals surface area contributed by atoms with E-state index in [2.05, 4.69) is 11.4 Å². The average molecular weight is 414 g/mol. The molecule has 4 rings (SSSR count). The second-order valence-electron chi connectivity index (χ2n) is 7.86. The zero-order valence-corrected chi connectivity index (χ0v) is 18.1. The second-order valence-corrected chi connectivity index (χ2v) is 7.86. The molecule has 1 N–H and O–H groups in total. The molecule has 1 amide bonds. The summed E-state index contributed by atoms with van der Waals surface area (Å²) < 4.78 is 8.03. The minimum atomic E-state index is -0.0712. The topological polar surface area (TPSA) is 56.2 Å². The SMILES string of the molecule is Cc1ccc(C)c(OCc2nc3ccccc3n2CC(=O)NC(C)c2ccccc2)c1. The summed E-state index contributed by atoms with van der Waals surface area (Å²) in [5, 5.41) is 3.09. The van der Waals surface area contributed by atoms with Crippen molar-refractivity contribution in [1.82, 2.24) is 14.9 Å². The number of fused-ring (bicyclic) bond motifs is 1. The van der Waals surface area contributed by atoms with Crippen LogP contribution in [0.25, 0.3) is 11.0 Å². The normalized spacial score (nSPS) is 12.0. The molecule has 4 aromatic rings. The van der Waals surface area contributed by atoms with Crippen molar-refractivity contribution in [1.29, 1.82) is 0 Å². The molecule has 0 bridgehead atoms. The van der Waals surface area contributed by atoms with Gasteiger partial charge in [0.25, 0.3) is 0 Å². The first-order chi connectivity index (χ1) is 15.0. The van der Waals surface area contributed by atoms with Crippen LogP contribution in [0, 0.1) is 13.8 Å². The third-order valence-corrected chi connectivity index (χ3v) is 5.41. The molecule has 1 unspecified atom stereocenters. The predicted molar refractivity (Wildman–Crippen MR) is 123 cm³/mol. The Morgan fingerprint density at radius 2 is 1.77 bits per heavy atom. The standard InChI is InChI=1S/C26H27N3O2/c1-18-13-14-19(2)24(15-18)31-17-25-28-22-11-7-8-12-23(22)29(25)16-26(30)27-20(3)21-9-5-4-6-10-21/h4-15,20H,16-17H2,1-3H3,(H,27,30). The highest BCUT2D eigenvalue weighted by atomic mass is 16.5. The highest BCUT2D eigenvalue weighted by molar-refractivity contribution is 5.81. The van der Waals surface area contributed by atoms with Crippen molar-refractivity contribution in [2.45, 2.75) is 40.0 Å². The van der Waals surface area contributed by atoms with E-state index in [-0.39, 0.29) is 18.5 Å². The van der Waals surface area contributed by atoms with Crippen molar-refractivity contribution >= 4 is 16.9 Å². The summed E-state index contributed by atoms with van der Waals surface area (Å²) in [6.45, 7) is 6.53. The first kappa shape index (κ1) is 20.7. The fourth-order valence-corrected chi connectivity index (χ4v) is 3.67. The summed E-state index contributed by atoms with van der Waals surface area (Å²) in [6.07, 6.45) is 0. The summed E-state index contributed by atoms with van der Waals surface area (Å²) >= 11 is 0. The number of imidazole rings is 1. The molecule has 0 fully saturated rings. The lowest BCUT2D eigenvalue weighted by atomic mass is 10.1. The second kappa shape index (κ2) is 9.04. The van der Waals surface area contributed by atoms with Gasteiger partial charge in [0.1, 0.15) is 24.7 Å². The van der Waals surface area contributed by atoms with E-state index in [1.165, 1.54) is 0 Å². The summed E-state index contributed by atoms with van der Waals surface area (Å²) in [7, 11) is 0. The van der Waals surface area contributed by atoms with E-state index in [9.17, 15) is 4.79 Å². The zero-order valence-electron chi connectivity index (χ0n) is 18.1. The number of carbonyl (C=O) groups excluding carboxylic acids is 1. The molecule has 0 spiro atoms. The van der Waals surface area contributed by atoms with Gasteiger partial charge in [0.15, 0.2) is 0 Å². The number of ether oxygens (including phenoxy) is 1. The van der Waals surface area contributed by atoms with Crippen LogP contribution in [0.5, 0.6) is 5.75 Å². The maximum absolute atomic E-state index is 12.9. The molecule has 1 atom stereocenters. The highest BCUT2D eigenvalue weighted by Crippen LogP contribution is 2.22. The van der Waals surface area contributed by atoms with Crippen molar-refractivity contribution in [3.63, 3.8) is 0 Å². The lowest BCUT2D eigenvalue weighted by molar-refractivity contribution is -0.122. The van der Waals surface area contributed by atoms with E-state index < -0.39 is 0 Å². The Balaban J connectivity index is 1.55. The van der Waals surface area contributed by atoms with Crippen molar-refractivity contribution < 1.29 is 9.53 Å². The molecule has 31 heavy (non-hydrogen) atoms. The van der Waals surface area contributed by atoms with E-state index >= 15 is 0 Å². The first-order valence-electron chi connectivity index (χ1n) is 10.5. The highest BCUT2D eigenvalue weighted by Gasteiger charge is 2.16. The minimum absolute atomic E-state index is 0.0625. The number of nitrogens with one attached hydrogen (secondary N) is 1. The monoisotopic (exact) mass is 413 g/mol. The number of hydrogen-bond acceptors (Lipinski definition) is 3. The summed E-state index contributed by atoms with van der Waals surface area (Å²) in [6, 6.07) is 23.9. The number of benzene rings is 3. The Morgan fingerprint density at radius 3 is 2.58 bits per heavy atom. The van der Waals surface area contributed by atoms with Gasteiger partial charge in [-0.05, 0) is 55.7 Å². The van der Waals surface area contributed by atoms with Crippen LogP contribution in [0.15, 0.2) is 72.8 Å². The third kappa shape index (κ3) is 4.77. The van der Waals surface area contributed by atoms with Gasteiger partial charge in [-0.2, -0.15) is 0 Å². The molecule has 0 aliphatic carbocycles. The maximum atomic E-state index is 12.9. The Kier molecular flexibility index (Phi) is 6.03. The molecule has 1 heterocycles. The quantitative estimate of drug-likeness (QED) is 0.458. The molecule has 0 radical (unpaired) electrons. The number of amides is 1. The van der Waals surface area contributed by atoms with Crippen LogP contribution in [0.3, 0.4) is 0 Å². The maximum Gasteiger partial charge on any atom is 0.240 e. The largest absolute Gasteiger partial charge is 0.485 e. The van der Waals surface area contributed by atoms with Gasteiger partial charge in [0, 0.05) is 0 Å². The van der Waals surface area contributed by atoms with Gasteiger partial charge >= 0.3 is 0 Å². The van der Waals surface area contributed by atoms with Crippen LogP contribution < -0.4 is 10.1 Å². The number of aryl methyl sites for hydroxylation is 2. The Morgan fingerprint density at radius 1 is 1.03 bits per heavy atom. The lowest BCUT2D eigenvalue weighted by Crippen LogP contribution is -2.30. The molecule has 5 nitrogen and oxygen atoms in total. The number of aromatic nitrogens is 2. The molecule has 5 heteroatoms. The molecule has 3 aromatic carbocycles. The van der Waals surface area contributed by atoms with Crippen LogP contribution in [-0.2, 0) is 17.9 Å². The van der Waals surface area contributed by atoms with Crippen LogP contribution in [-0.4, -0.2) is 15.5 Å². The minimum Gasteiger partial charge on any atom is -0.485 e. The fraction of sp³-hybridized carbons (Fsp3) is 0.231. The van der Waals surface area contributed by atoms with E-state index in [0.717, 1.165) is 39.3 Å². The summed E-state index contributed by atoms with van der Waals surface area (Å²) in [5.74, 6) is 1.50. The van der Waals surface area contributed by atoms with Gasteiger partial charge < -0.3 is 14.6 Å². The van der Waals surface area contributed by atoms with Gasteiger partial charge in [-0.3, -0.25) is 4.79 Å². The molecule has 0 aliphatic heterocycles. The molecule has 0 aliphatic rings. The van der Waals surface area contributed by atoms with Gasteiger partial charge in [-0.1, -0.05) is 54.6 Å².